The van der Waals surface area contributed by atoms with E-state index in [1.807, 2.05) is 0 Å². The number of aliphatic carboxylic acids is 1. The second kappa shape index (κ2) is 4.74. The SMILES string of the molecule is CC1(C(=O)O)CCN(C(=O)c2cc(N)cc(Cl)c2)C1. The van der Waals surface area contributed by atoms with Crippen LogP contribution in [0.2, 0.25) is 5.02 Å². The van der Waals surface area contributed by atoms with Crippen molar-refractivity contribution in [2.45, 2.75) is 13.3 Å². The van der Waals surface area contributed by atoms with Crippen molar-refractivity contribution in [3.8, 4) is 0 Å². The van der Waals surface area contributed by atoms with Gasteiger partial charge in [0.25, 0.3) is 5.91 Å². The van der Waals surface area contributed by atoms with Gasteiger partial charge >= 0.3 is 5.97 Å². The summed E-state index contributed by atoms with van der Waals surface area (Å²) in [6.45, 7) is 2.27. The lowest BCUT2D eigenvalue weighted by Crippen LogP contribution is -2.34. The van der Waals surface area contributed by atoms with Crippen LogP contribution in [-0.4, -0.2) is 35.0 Å². The van der Waals surface area contributed by atoms with Crippen LogP contribution >= 0.6 is 11.6 Å². The van der Waals surface area contributed by atoms with Crippen molar-refractivity contribution in [3.63, 3.8) is 0 Å². The molecule has 1 fully saturated rings. The van der Waals surface area contributed by atoms with Gasteiger partial charge in [-0.2, -0.15) is 0 Å². The Hall–Kier alpha value is -1.75. The van der Waals surface area contributed by atoms with Gasteiger partial charge in [0.1, 0.15) is 0 Å². The highest BCUT2D eigenvalue weighted by Gasteiger charge is 2.42. The molecule has 1 unspecified atom stereocenters. The molecule has 1 aromatic carbocycles. The third-order valence-corrected chi connectivity index (χ3v) is 3.66. The number of likely N-dealkylation sites (tertiary alicyclic amines) is 1. The van der Waals surface area contributed by atoms with Crippen LogP contribution in [0.4, 0.5) is 5.69 Å². The molecule has 1 heterocycles. The lowest BCUT2D eigenvalue weighted by atomic mass is 9.90. The normalized spacial score (nSPS) is 22.5. The van der Waals surface area contributed by atoms with Crippen LogP contribution in [-0.2, 0) is 4.79 Å². The van der Waals surface area contributed by atoms with Crippen LogP contribution in [0.1, 0.15) is 23.7 Å². The zero-order valence-corrected chi connectivity index (χ0v) is 11.3. The predicted octanol–water partition coefficient (Wildman–Crippen LogP) is 1.86. The summed E-state index contributed by atoms with van der Waals surface area (Å²) in [5.74, 6) is -1.12. The highest BCUT2D eigenvalue weighted by molar-refractivity contribution is 6.31. The van der Waals surface area contributed by atoms with Crippen LogP contribution < -0.4 is 5.73 Å². The first-order valence-corrected chi connectivity index (χ1v) is 6.28. The molecule has 0 radical (unpaired) electrons. The maximum Gasteiger partial charge on any atom is 0.311 e. The van der Waals surface area contributed by atoms with E-state index in [1.54, 1.807) is 19.1 Å². The highest BCUT2D eigenvalue weighted by atomic mass is 35.5. The van der Waals surface area contributed by atoms with Crippen LogP contribution in [0.15, 0.2) is 18.2 Å². The zero-order chi connectivity index (χ0) is 14.2. The van der Waals surface area contributed by atoms with Crippen LogP contribution in [0.25, 0.3) is 0 Å². The van der Waals surface area contributed by atoms with Crippen molar-refractivity contribution < 1.29 is 14.7 Å². The van der Waals surface area contributed by atoms with Gasteiger partial charge in [-0.1, -0.05) is 11.6 Å². The molecule has 1 aliphatic rings. The molecule has 1 aliphatic heterocycles. The summed E-state index contributed by atoms with van der Waals surface area (Å²) in [5.41, 5.74) is 5.57. The van der Waals surface area contributed by atoms with Crippen molar-refractivity contribution in [1.29, 1.82) is 0 Å². The van der Waals surface area contributed by atoms with Crippen molar-refractivity contribution >= 4 is 29.2 Å². The number of carbonyl (C=O) groups excluding carboxylic acids is 1. The summed E-state index contributed by atoms with van der Waals surface area (Å²) in [7, 11) is 0. The molecule has 0 spiro atoms. The van der Waals surface area contributed by atoms with E-state index in [0.717, 1.165) is 0 Å². The van der Waals surface area contributed by atoms with Crippen molar-refractivity contribution in [2.75, 3.05) is 18.8 Å². The fourth-order valence-electron chi connectivity index (χ4n) is 2.23. The third kappa shape index (κ3) is 2.66. The van der Waals surface area contributed by atoms with Crippen LogP contribution in [0.3, 0.4) is 0 Å². The topological polar surface area (TPSA) is 83.6 Å². The lowest BCUT2D eigenvalue weighted by molar-refractivity contribution is -0.147. The van der Waals surface area contributed by atoms with Crippen molar-refractivity contribution in [1.82, 2.24) is 4.90 Å². The minimum absolute atomic E-state index is 0.202. The second-order valence-corrected chi connectivity index (χ2v) is 5.55. The quantitative estimate of drug-likeness (QED) is 0.811. The summed E-state index contributed by atoms with van der Waals surface area (Å²) in [6, 6.07) is 4.64. The number of hydrogen-bond acceptors (Lipinski definition) is 3. The van der Waals surface area contributed by atoms with Crippen molar-refractivity contribution in [2.24, 2.45) is 5.41 Å². The number of rotatable bonds is 2. The summed E-state index contributed by atoms with van der Waals surface area (Å²) >= 11 is 5.86. The number of anilines is 1. The molecule has 2 rings (SSSR count). The number of nitrogens with two attached hydrogens (primary N) is 1. The van der Waals surface area contributed by atoms with Gasteiger partial charge in [-0.15, -0.1) is 0 Å². The van der Waals surface area contributed by atoms with Gasteiger partial charge in [-0.25, -0.2) is 0 Å². The number of nitrogen functional groups attached to an aromatic ring is 1. The Morgan fingerprint density at radius 2 is 2.11 bits per heavy atom. The molecule has 6 heteroatoms. The summed E-state index contributed by atoms with van der Waals surface area (Å²) in [6.07, 6.45) is 0.449. The third-order valence-electron chi connectivity index (χ3n) is 3.44. The van der Waals surface area contributed by atoms with Crippen molar-refractivity contribution in [3.05, 3.63) is 28.8 Å². The molecule has 3 N–H and O–H groups in total. The number of benzene rings is 1. The standard InChI is InChI=1S/C13H15ClN2O3/c1-13(12(18)19)2-3-16(7-13)11(17)8-4-9(14)6-10(15)5-8/h4-6H,2-3,7,15H2,1H3,(H,18,19). The molecular formula is C13H15ClN2O3. The van der Waals surface area contributed by atoms with Gasteiger partial charge < -0.3 is 15.7 Å². The van der Waals surface area contributed by atoms with Gasteiger partial charge in [0.05, 0.1) is 5.41 Å². The fraction of sp³-hybridized carbons (Fsp3) is 0.385. The number of amides is 1. The minimum atomic E-state index is -0.881. The fourth-order valence-corrected chi connectivity index (χ4v) is 2.47. The van der Waals surface area contributed by atoms with Crippen LogP contribution in [0, 0.1) is 5.41 Å². The van der Waals surface area contributed by atoms with Gasteiger partial charge in [0.15, 0.2) is 0 Å². The Labute approximate surface area is 116 Å². The summed E-state index contributed by atoms with van der Waals surface area (Å²) < 4.78 is 0. The Kier molecular flexibility index (Phi) is 3.41. The Morgan fingerprint density at radius 3 is 2.63 bits per heavy atom. The zero-order valence-electron chi connectivity index (χ0n) is 10.5. The average Bonchev–Trinajstić information content (AvgIpc) is 2.71. The van der Waals surface area contributed by atoms with Gasteiger partial charge in [0.2, 0.25) is 0 Å². The molecule has 1 saturated heterocycles. The molecule has 0 bridgehead atoms. The van der Waals surface area contributed by atoms with Gasteiger partial charge in [-0.05, 0) is 31.5 Å². The molecule has 1 aromatic rings. The van der Waals surface area contributed by atoms with E-state index in [-0.39, 0.29) is 12.5 Å². The number of hydrogen-bond donors (Lipinski definition) is 2. The molecule has 1 atom stereocenters. The summed E-state index contributed by atoms with van der Waals surface area (Å²) in [4.78, 5) is 25.0. The Balaban J connectivity index is 2.20. The number of carboxylic acid groups (broad SMARTS) is 1. The largest absolute Gasteiger partial charge is 0.481 e. The van der Waals surface area contributed by atoms with E-state index >= 15 is 0 Å². The van der Waals surface area contributed by atoms with E-state index in [9.17, 15) is 9.59 Å². The number of carbonyl (C=O) groups is 2. The molecule has 102 valence electrons. The van der Waals surface area contributed by atoms with Crippen LogP contribution in [0.5, 0.6) is 0 Å². The first-order valence-electron chi connectivity index (χ1n) is 5.90. The van der Waals surface area contributed by atoms with E-state index in [0.29, 0.717) is 29.2 Å². The molecule has 19 heavy (non-hydrogen) atoms. The van der Waals surface area contributed by atoms with E-state index in [2.05, 4.69) is 0 Å². The minimum Gasteiger partial charge on any atom is -0.481 e. The van der Waals surface area contributed by atoms with E-state index in [1.165, 1.54) is 11.0 Å². The molecule has 0 saturated carbocycles. The number of halogens is 1. The molecule has 5 nitrogen and oxygen atoms in total. The van der Waals surface area contributed by atoms with Gasteiger partial charge in [0, 0.05) is 29.4 Å². The predicted molar refractivity (Wildman–Crippen MR) is 72.1 cm³/mol. The van der Waals surface area contributed by atoms with E-state index in [4.69, 9.17) is 22.4 Å². The maximum atomic E-state index is 12.3. The van der Waals surface area contributed by atoms with E-state index < -0.39 is 11.4 Å². The summed E-state index contributed by atoms with van der Waals surface area (Å²) in [5, 5.41) is 9.54. The smallest absolute Gasteiger partial charge is 0.311 e. The second-order valence-electron chi connectivity index (χ2n) is 5.12. The lowest BCUT2D eigenvalue weighted by Gasteiger charge is -2.20. The Bertz CT molecular complexity index is 526. The number of nitrogens with zero attached hydrogens (tertiary/aromatic N) is 1. The molecule has 0 aliphatic carbocycles. The number of carboxylic acids is 1. The first kappa shape index (κ1) is 13.7. The molecule has 0 aromatic heterocycles. The van der Waals surface area contributed by atoms with Gasteiger partial charge in [-0.3, -0.25) is 9.59 Å². The monoisotopic (exact) mass is 282 g/mol. The Morgan fingerprint density at radius 1 is 1.42 bits per heavy atom. The molecular weight excluding hydrogens is 268 g/mol. The highest BCUT2D eigenvalue weighted by Crippen LogP contribution is 2.31. The maximum absolute atomic E-state index is 12.3. The first-order chi connectivity index (χ1) is 8.82. The molecule has 1 amide bonds. The average molecular weight is 283 g/mol.